The molecule has 1 N–H and O–H groups in total. The number of thioether (sulfide) groups is 1. The molecule has 2 saturated heterocycles. The topological polar surface area (TPSA) is 65.1 Å². The van der Waals surface area contributed by atoms with Crippen LogP contribution in [0.15, 0.2) is 30.3 Å². The number of piperazine rings is 1. The Bertz CT molecular complexity index is 809. The average molecular weight is 489 g/mol. The number of hydrogen-bond acceptors (Lipinski definition) is 6. The standard InChI is InChI=1S/C26H40N4O3S/c1-26(2,3)33-25(32)27-23(24(31)30-17-18-34-19-30)20-9-11-22(12-10-20)29-15-13-28(14-16-29)21-7-5-4-6-8-21/h4-8,20,22-23H,9-19H2,1-3H3,(H,27,32)/t20?,22?,23-/m0/s1. The zero-order valence-electron chi connectivity index (χ0n) is 20.9. The van der Waals surface area contributed by atoms with Crippen molar-refractivity contribution in [3.05, 3.63) is 30.3 Å². The molecule has 1 saturated carbocycles. The molecule has 34 heavy (non-hydrogen) atoms. The quantitative estimate of drug-likeness (QED) is 0.680. The van der Waals surface area contributed by atoms with Gasteiger partial charge in [-0.3, -0.25) is 9.69 Å². The highest BCUT2D eigenvalue weighted by molar-refractivity contribution is 7.99. The number of nitrogens with zero attached hydrogens (tertiary/aromatic N) is 3. The Morgan fingerprint density at radius 1 is 1.00 bits per heavy atom. The first kappa shape index (κ1) is 25.2. The van der Waals surface area contributed by atoms with E-state index in [9.17, 15) is 9.59 Å². The molecule has 1 aromatic rings. The molecule has 0 spiro atoms. The Morgan fingerprint density at radius 2 is 1.68 bits per heavy atom. The highest BCUT2D eigenvalue weighted by Crippen LogP contribution is 2.32. The summed E-state index contributed by atoms with van der Waals surface area (Å²) in [4.78, 5) is 32.9. The van der Waals surface area contributed by atoms with E-state index in [0.29, 0.717) is 11.9 Å². The SMILES string of the molecule is CC(C)(C)OC(=O)N[C@H](C(=O)N1CCSC1)C1CCC(N2CCN(c3ccccc3)CC2)CC1. The van der Waals surface area contributed by atoms with Crippen LogP contribution in [0, 0.1) is 5.92 Å². The van der Waals surface area contributed by atoms with E-state index in [0.717, 1.165) is 64.2 Å². The van der Waals surface area contributed by atoms with E-state index in [1.165, 1.54) is 5.69 Å². The van der Waals surface area contributed by atoms with Crippen molar-refractivity contribution < 1.29 is 14.3 Å². The van der Waals surface area contributed by atoms with E-state index in [1.807, 2.05) is 25.7 Å². The van der Waals surface area contributed by atoms with Crippen LogP contribution in [0.2, 0.25) is 0 Å². The molecular formula is C26H40N4O3S. The van der Waals surface area contributed by atoms with Crippen LogP contribution in [0.5, 0.6) is 0 Å². The van der Waals surface area contributed by atoms with E-state index < -0.39 is 17.7 Å². The number of para-hydroxylation sites is 1. The molecule has 1 aromatic carbocycles. The first-order chi connectivity index (χ1) is 16.3. The number of ether oxygens (including phenoxy) is 1. The highest BCUT2D eigenvalue weighted by Gasteiger charge is 2.38. The smallest absolute Gasteiger partial charge is 0.408 e. The second kappa shape index (κ2) is 11.2. The van der Waals surface area contributed by atoms with Crippen LogP contribution in [-0.4, -0.2) is 83.8 Å². The predicted octanol–water partition coefficient (Wildman–Crippen LogP) is 3.79. The number of hydrogen-bond donors (Lipinski definition) is 1. The Morgan fingerprint density at radius 3 is 2.26 bits per heavy atom. The molecule has 0 unspecified atom stereocenters. The van der Waals surface area contributed by atoms with Crippen molar-refractivity contribution in [2.75, 3.05) is 49.3 Å². The summed E-state index contributed by atoms with van der Waals surface area (Å²) in [5, 5.41) is 2.96. The number of carbonyl (C=O) groups is 2. The minimum atomic E-state index is -0.583. The molecule has 3 fully saturated rings. The van der Waals surface area contributed by atoms with Crippen LogP contribution < -0.4 is 10.2 Å². The Kier molecular flexibility index (Phi) is 8.30. The Labute approximate surface area is 208 Å². The maximum Gasteiger partial charge on any atom is 0.408 e. The van der Waals surface area contributed by atoms with Crippen molar-refractivity contribution in [1.82, 2.24) is 15.1 Å². The van der Waals surface area contributed by atoms with Crippen LogP contribution in [0.4, 0.5) is 10.5 Å². The fourth-order valence-electron chi connectivity index (χ4n) is 5.38. The minimum Gasteiger partial charge on any atom is -0.444 e. The van der Waals surface area contributed by atoms with Gasteiger partial charge in [0, 0.05) is 50.2 Å². The second-order valence-electron chi connectivity index (χ2n) is 10.7. The maximum absolute atomic E-state index is 13.3. The molecule has 2 amide bonds. The highest BCUT2D eigenvalue weighted by atomic mass is 32.2. The number of benzene rings is 1. The normalized spacial score (nSPS) is 25.1. The molecule has 2 heterocycles. The lowest BCUT2D eigenvalue weighted by molar-refractivity contribution is -0.133. The third-order valence-corrected chi connectivity index (χ3v) is 8.13. The molecular weight excluding hydrogens is 448 g/mol. The summed E-state index contributed by atoms with van der Waals surface area (Å²) in [6.45, 7) is 10.6. The van der Waals surface area contributed by atoms with Crippen molar-refractivity contribution >= 4 is 29.4 Å². The first-order valence-corrected chi connectivity index (χ1v) is 13.9. The summed E-state index contributed by atoms with van der Waals surface area (Å²) in [6.07, 6.45) is 3.57. The molecule has 3 aliphatic rings. The van der Waals surface area contributed by atoms with Gasteiger partial charge in [-0.15, -0.1) is 11.8 Å². The number of carbonyl (C=O) groups excluding carboxylic acids is 2. The van der Waals surface area contributed by atoms with E-state index in [4.69, 9.17) is 4.74 Å². The number of nitrogens with one attached hydrogen (secondary N) is 1. The molecule has 1 atom stereocenters. The number of anilines is 1. The van der Waals surface area contributed by atoms with Crippen molar-refractivity contribution in [2.45, 2.75) is 64.1 Å². The molecule has 4 rings (SSSR count). The maximum atomic E-state index is 13.3. The summed E-state index contributed by atoms with van der Waals surface area (Å²) in [5.41, 5.74) is 0.723. The van der Waals surface area contributed by atoms with Crippen molar-refractivity contribution in [2.24, 2.45) is 5.92 Å². The molecule has 0 bridgehead atoms. The van der Waals surface area contributed by atoms with Gasteiger partial charge >= 0.3 is 6.09 Å². The van der Waals surface area contributed by atoms with Crippen LogP contribution in [-0.2, 0) is 9.53 Å². The van der Waals surface area contributed by atoms with E-state index >= 15 is 0 Å². The largest absolute Gasteiger partial charge is 0.444 e. The lowest BCUT2D eigenvalue weighted by Crippen LogP contribution is -2.55. The van der Waals surface area contributed by atoms with Crippen molar-refractivity contribution in [3.8, 4) is 0 Å². The summed E-state index contributed by atoms with van der Waals surface area (Å²) in [7, 11) is 0. The summed E-state index contributed by atoms with van der Waals surface area (Å²) < 4.78 is 5.50. The van der Waals surface area contributed by atoms with Crippen LogP contribution in [0.25, 0.3) is 0 Å². The summed E-state index contributed by atoms with van der Waals surface area (Å²) in [6, 6.07) is 10.7. The van der Waals surface area contributed by atoms with Crippen molar-refractivity contribution in [3.63, 3.8) is 0 Å². The van der Waals surface area contributed by atoms with Gasteiger partial charge in [0.1, 0.15) is 11.6 Å². The molecule has 0 aromatic heterocycles. The van der Waals surface area contributed by atoms with Crippen molar-refractivity contribution in [1.29, 1.82) is 0 Å². The van der Waals surface area contributed by atoms with E-state index in [2.05, 4.69) is 45.4 Å². The zero-order valence-corrected chi connectivity index (χ0v) is 21.7. The molecule has 1 aliphatic carbocycles. The first-order valence-electron chi connectivity index (χ1n) is 12.7. The monoisotopic (exact) mass is 488 g/mol. The molecule has 188 valence electrons. The van der Waals surface area contributed by atoms with Gasteiger partial charge in [-0.25, -0.2) is 4.79 Å². The van der Waals surface area contributed by atoms with Gasteiger partial charge in [0.25, 0.3) is 0 Å². The number of rotatable bonds is 5. The van der Waals surface area contributed by atoms with E-state index in [-0.39, 0.29) is 11.8 Å². The van der Waals surface area contributed by atoms with Crippen LogP contribution in [0.3, 0.4) is 0 Å². The summed E-state index contributed by atoms with van der Waals surface area (Å²) in [5.74, 6) is 1.89. The van der Waals surface area contributed by atoms with Gasteiger partial charge in [0.2, 0.25) is 5.91 Å². The average Bonchev–Trinajstić information content (AvgIpc) is 3.37. The van der Waals surface area contributed by atoms with Crippen LogP contribution in [0.1, 0.15) is 46.5 Å². The zero-order chi connectivity index (χ0) is 24.1. The molecule has 7 nitrogen and oxygen atoms in total. The molecule has 0 radical (unpaired) electrons. The lowest BCUT2D eigenvalue weighted by atomic mass is 9.80. The van der Waals surface area contributed by atoms with Gasteiger partial charge in [-0.2, -0.15) is 0 Å². The number of alkyl carbamates (subject to hydrolysis) is 1. The van der Waals surface area contributed by atoms with E-state index in [1.54, 1.807) is 11.8 Å². The third kappa shape index (κ3) is 6.60. The van der Waals surface area contributed by atoms with Crippen LogP contribution >= 0.6 is 11.8 Å². The molecule has 2 aliphatic heterocycles. The number of amides is 2. The van der Waals surface area contributed by atoms with Gasteiger partial charge < -0.3 is 19.9 Å². The van der Waals surface area contributed by atoms with Gasteiger partial charge in [-0.1, -0.05) is 18.2 Å². The lowest BCUT2D eigenvalue weighted by Gasteiger charge is -2.43. The van der Waals surface area contributed by atoms with Gasteiger partial charge in [0.05, 0.1) is 5.88 Å². The predicted molar refractivity (Wildman–Crippen MR) is 138 cm³/mol. The third-order valence-electron chi connectivity index (χ3n) is 7.17. The fourth-order valence-corrected chi connectivity index (χ4v) is 6.34. The Balaban J connectivity index is 1.32. The second-order valence-corrected chi connectivity index (χ2v) is 11.8. The Hall–Kier alpha value is -1.93. The fraction of sp³-hybridized carbons (Fsp3) is 0.692. The van der Waals surface area contributed by atoms with Gasteiger partial charge in [0.15, 0.2) is 0 Å². The summed E-state index contributed by atoms with van der Waals surface area (Å²) >= 11 is 1.77. The minimum absolute atomic E-state index is 0.0517. The molecule has 8 heteroatoms. The van der Waals surface area contributed by atoms with Gasteiger partial charge in [-0.05, 0) is 64.5 Å².